The molecule has 0 aliphatic heterocycles. The normalized spacial score (nSPS) is 13.3. The first kappa shape index (κ1) is 28.1. The molecule has 0 N–H and O–H groups in total. The highest BCUT2D eigenvalue weighted by Gasteiger charge is 2.35. The van der Waals surface area contributed by atoms with E-state index in [1.807, 2.05) is 0 Å². The molecule has 1 aliphatic carbocycles. The molecule has 0 heteroatoms. The second kappa shape index (κ2) is 10.5. The summed E-state index contributed by atoms with van der Waals surface area (Å²) in [6.07, 6.45) is 0. The first-order chi connectivity index (χ1) is 24.1. The zero-order valence-electron chi connectivity index (χ0n) is 27.7. The van der Waals surface area contributed by atoms with E-state index >= 15 is 0 Å². The van der Waals surface area contributed by atoms with Gasteiger partial charge in [0, 0.05) is 5.41 Å². The molecule has 0 heterocycles. The van der Waals surface area contributed by atoms with Crippen LogP contribution in [-0.2, 0) is 5.41 Å². The van der Waals surface area contributed by atoms with Crippen LogP contribution in [-0.4, -0.2) is 0 Å². The van der Waals surface area contributed by atoms with Crippen LogP contribution in [0.2, 0.25) is 0 Å². The van der Waals surface area contributed by atoms with Crippen LogP contribution in [0.15, 0.2) is 170 Å². The van der Waals surface area contributed by atoms with Crippen LogP contribution in [0, 0.1) is 0 Å². The van der Waals surface area contributed by atoms with Gasteiger partial charge in [-0.05, 0) is 117 Å². The molecular weight excluding hydrogens is 589 g/mol. The van der Waals surface area contributed by atoms with Crippen molar-refractivity contribution in [2.75, 3.05) is 0 Å². The quantitative estimate of drug-likeness (QED) is 0.136. The van der Waals surface area contributed by atoms with Crippen molar-refractivity contribution in [3.05, 3.63) is 181 Å². The molecule has 0 saturated heterocycles. The Kier molecular flexibility index (Phi) is 6.02. The SMILES string of the molecule is CC1(C)c2ccccc2-c2ccc(-c3c4ccccc4c(-c4cc5ccccc5cc4-c4ccccc4)c4ccc5ccccc5c34)cc21. The van der Waals surface area contributed by atoms with Crippen molar-refractivity contribution < 1.29 is 0 Å². The zero-order valence-corrected chi connectivity index (χ0v) is 27.7. The van der Waals surface area contributed by atoms with E-state index in [0.29, 0.717) is 0 Å². The van der Waals surface area contributed by atoms with Crippen LogP contribution < -0.4 is 0 Å². The highest BCUT2D eigenvalue weighted by atomic mass is 14.4. The molecule has 9 aromatic carbocycles. The molecule has 10 rings (SSSR count). The minimum absolute atomic E-state index is 0.0781. The smallest absolute Gasteiger partial charge is 0.0159 e. The maximum atomic E-state index is 2.49. The van der Waals surface area contributed by atoms with E-state index in [-0.39, 0.29) is 5.41 Å². The van der Waals surface area contributed by atoms with Gasteiger partial charge in [0.05, 0.1) is 0 Å². The third kappa shape index (κ3) is 4.11. The van der Waals surface area contributed by atoms with Gasteiger partial charge in [-0.3, -0.25) is 0 Å². The Hall–Kier alpha value is -5.98. The van der Waals surface area contributed by atoms with Crippen LogP contribution in [0.1, 0.15) is 25.0 Å². The lowest BCUT2D eigenvalue weighted by Crippen LogP contribution is -2.14. The Morgan fingerprint density at radius 2 is 0.918 bits per heavy atom. The second-order valence-corrected chi connectivity index (χ2v) is 14.0. The second-order valence-electron chi connectivity index (χ2n) is 14.0. The Morgan fingerprint density at radius 1 is 0.327 bits per heavy atom. The van der Waals surface area contributed by atoms with Crippen molar-refractivity contribution in [3.8, 4) is 44.5 Å². The molecule has 0 atom stereocenters. The Labute approximate surface area is 286 Å². The fraction of sp³-hybridized carbons (Fsp3) is 0.0612. The summed E-state index contributed by atoms with van der Waals surface area (Å²) in [4.78, 5) is 0. The van der Waals surface area contributed by atoms with E-state index in [2.05, 4.69) is 184 Å². The summed E-state index contributed by atoms with van der Waals surface area (Å²) in [6.45, 7) is 4.75. The van der Waals surface area contributed by atoms with Gasteiger partial charge >= 0.3 is 0 Å². The van der Waals surface area contributed by atoms with E-state index in [4.69, 9.17) is 0 Å². The van der Waals surface area contributed by atoms with E-state index in [0.717, 1.165) is 0 Å². The van der Waals surface area contributed by atoms with E-state index in [9.17, 15) is 0 Å². The molecule has 49 heavy (non-hydrogen) atoms. The first-order valence-electron chi connectivity index (χ1n) is 17.3. The molecule has 0 spiro atoms. The van der Waals surface area contributed by atoms with E-state index < -0.39 is 0 Å². The van der Waals surface area contributed by atoms with E-state index in [1.165, 1.54) is 98.7 Å². The van der Waals surface area contributed by atoms with E-state index in [1.54, 1.807) is 0 Å². The lowest BCUT2D eigenvalue weighted by atomic mass is 9.79. The molecule has 0 aromatic heterocycles. The predicted molar refractivity (Wildman–Crippen MR) is 210 cm³/mol. The maximum absolute atomic E-state index is 2.49. The Balaban J connectivity index is 1.37. The van der Waals surface area contributed by atoms with Crippen LogP contribution in [0.25, 0.3) is 87.6 Å². The molecule has 0 fully saturated rings. The van der Waals surface area contributed by atoms with Crippen LogP contribution in [0.3, 0.4) is 0 Å². The van der Waals surface area contributed by atoms with Crippen molar-refractivity contribution in [2.45, 2.75) is 19.3 Å². The fourth-order valence-electron chi connectivity index (χ4n) is 8.70. The summed E-state index contributed by atoms with van der Waals surface area (Å²) in [6, 6.07) is 63.3. The van der Waals surface area contributed by atoms with Gasteiger partial charge in [-0.1, -0.05) is 166 Å². The van der Waals surface area contributed by atoms with Gasteiger partial charge in [-0.15, -0.1) is 0 Å². The summed E-state index contributed by atoms with van der Waals surface area (Å²) in [5.74, 6) is 0. The van der Waals surface area contributed by atoms with Crippen molar-refractivity contribution >= 4 is 43.1 Å². The maximum Gasteiger partial charge on any atom is 0.0159 e. The van der Waals surface area contributed by atoms with Crippen molar-refractivity contribution in [2.24, 2.45) is 0 Å². The third-order valence-corrected chi connectivity index (χ3v) is 11.0. The zero-order chi connectivity index (χ0) is 32.7. The monoisotopic (exact) mass is 622 g/mol. The molecule has 9 aromatic rings. The first-order valence-corrected chi connectivity index (χ1v) is 17.3. The molecule has 0 radical (unpaired) electrons. The predicted octanol–water partition coefficient (Wildman–Crippen LogP) is 13.6. The minimum Gasteiger partial charge on any atom is -0.0622 e. The number of fused-ring (bicyclic) bond motifs is 8. The Bertz CT molecular complexity index is 2780. The van der Waals surface area contributed by atoms with Gasteiger partial charge in [0.1, 0.15) is 0 Å². The largest absolute Gasteiger partial charge is 0.0622 e. The molecule has 1 aliphatic rings. The summed E-state index contributed by atoms with van der Waals surface area (Å²) >= 11 is 0. The molecular formula is C49H34. The average Bonchev–Trinajstić information content (AvgIpc) is 3.39. The van der Waals surface area contributed by atoms with Crippen molar-refractivity contribution in [1.29, 1.82) is 0 Å². The van der Waals surface area contributed by atoms with Crippen LogP contribution in [0.5, 0.6) is 0 Å². The lowest BCUT2D eigenvalue weighted by molar-refractivity contribution is 0.660. The molecule has 0 bridgehead atoms. The molecule has 0 nitrogen and oxygen atoms in total. The minimum atomic E-state index is -0.0781. The molecule has 0 saturated carbocycles. The number of hydrogen-bond donors (Lipinski definition) is 0. The summed E-state index contributed by atoms with van der Waals surface area (Å²) in [5.41, 5.74) is 13.0. The van der Waals surface area contributed by atoms with Gasteiger partial charge in [0.25, 0.3) is 0 Å². The van der Waals surface area contributed by atoms with Gasteiger partial charge in [-0.25, -0.2) is 0 Å². The number of hydrogen-bond acceptors (Lipinski definition) is 0. The third-order valence-electron chi connectivity index (χ3n) is 11.0. The van der Waals surface area contributed by atoms with Gasteiger partial charge < -0.3 is 0 Å². The van der Waals surface area contributed by atoms with Gasteiger partial charge in [0.15, 0.2) is 0 Å². The summed E-state index contributed by atoms with van der Waals surface area (Å²) in [7, 11) is 0. The summed E-state index contributed by atoms with van der Waals surface area (Å²) < 4.78 is 0. The fourth-order valence-corrected chi connectivity index (χ4v) is 8.70. The van der Waals surface area contributed by atoms with Crippen molar-refractivity contribution in [1.82, 2.24) is 0 Å². The highest BCUT2D eigenvalue weighted by Crippen LogP contribution is 2.52. The molecule has 0 unspecified atom stereocenters. The topological polar surface area (TPSA) is 0 Å². The van der Waals surface area contributed by atoms with Gasteiger partial charge in [-0.2, -0.15) is 0 Å². The van der Waals surface area contributed by atoms with Crippen molar-refractivity contribution in [3.63, 3.8) is 0 Å². The average molecular weight is 623 g/mol. The van der Waals surface area contributed by atoms with Gasteiger partial charge in [0.2, 0.25) is 0 Å². The van der Waals surface area contributed by atoms with Crippen LogP contribution >= 0.6 is 0 Å². The highest BCUT2D eigenvalue weighted by molar-refractivity contribution is 6.29. The summed E-state index contributed by atoms with van der Waals surface area (Å²) in [5, 5.41) is 10.2. The lowest BCUT2D eigenvalue weighted by Gasteiger charge is -2.24. The number of benzene rings is 9. The molecule has 230 valence electrons. The molecule has 0 amide bonds. The number of rotatable bonds is 3. The standard InChI is InChI=1S/C49H34/c1-49(2)44-23-13-12-20-37(44)38-26-25-35(30-45(38)49)46-39-21-10-11-22-40(39)47(41-27-24-32-16-8-9-19-36(32)48(41)46)43-29-34-18-7-6-17-33(34)28-42(43)31-14-4-3-5-15-31/h3-30H,1-2H3. The Morgan fingerprint density at radius 3 is 1.69 bits per heavy atom. The van der Waals surface area contributed by atoms with Crippen LogP contribution in [0.4, 0.5) is 0 Å².